The summed E-state index contributed by atoms with van der Waals surface area (Å²) in [5, 5.41) is 11.5. The molecule has 0 atom stereocenters. The molecular formula is C26H21N3OS. The zero-order valence-corrected chi connectivity index (χ0v) is 17.5. The molecule has 3 N–H and O–H groups in total. The Labute approximate surface area is 186 Å². The van der Waals surface area contributed by atoms with E-state index in [1.165, 1.54) is 6.08 Å². The number of hydrogen-bond acceptors (Lipinski definition) is 3. The van der Waals surface area contributed by atoms with Crippen LogP contribution in [0.2, 0.25) is 0 Å². The Morgan fingerprint density at radius 1 is 0.710 bits per heavy atom. The quantitative estimate of drug-likeness (QED) is 0.268. The molecule has 0 fully saturated rings. The van der Waals surface area contributed by atoms with Crippen LogP contribution in [0, 0.1) is 0 Å². The van der Waals surface area contributed by atoms with Crippen LogP contribution >= 0.6 is 12.2 Å². The fourth-order valence-corrected chi connectivity index (χ4v) is 3.42. The molecule has 0 aliphatic rings. The molecule has 0 radical (unpaired) electrons. The lowest BCUT2D eigenvalue weighted by molar-refractivity contribution is -0.115. The minimum atomic E-state index is -0.284. The summed E-state index contributed by atoms with van der Waals surface area (Å²) in [5.74, 6) is -0.284. The summed E-state index contributed by atoms with van der Waals surface area (Å²) in [7, 11) is 0. The van der Waals surface area contributed by atoms with Gasteiger partial charge >= 0.3 is 0 Å². The number of fused-ring (bicyclic) bond motifs is 1. The van der Waals surface area contributed by atoms with Crippen LogP contribution in [0.3, 0.4) is 0 Å². The predicted molar refractivity (Wildman–Crippen MR) is 134 cm³/mol. The Morgan fingerprint density at radius 3 is 2.16 bits per heavy atom. The fraction of sp³-hybridized carbons (Fsp3) is 0. The summed E-state index contributed by atoms with van der Waals surface area (Å²) in [5.41, 5.74) is 3.75. The van der Waals surface area contributed by atoms with Crippen LogP contribution in [-0.4, -0.2) is 11.0 Å². The van der Waals surface area contributed by atoms with E-state index in [0.29, 0.717) is 0 Å². The Bertz CT molecular complexity index is 1230. The van der Waals surface area contributed by atoms with Gasteiger partial charge in [-0.05, 0) is 71.0 Å². The summed E-state index contributed by atoms with van der Waals surface area (Å²) in [6.07, 6.45) is 3.28. The van der Waals surface area contributed by atoms with E-state index in [1.54, 1.807) is 6.08 Å². The van der Waals surface area contributed by atoms with E-state index in [1.807, 2.05) is 97.1 Å². The minimum Gasteiger partial charge on any atom is -0.356 e. The monoisotopic (exact) mass is 423 g/mol. The molecule has 0 bridgehead atoms. The van der Waals surface area contributed by atoms with Gasteiger partial charge in [0.05, 0.1) is 0 Å². The summed E-state index contributed by atoms with van der Waals surface area (Å²) in [6, 6.07) is 31.7. The van der Waals surface area contributed by atoms with Crippen molar-refractivity contribution < 1.29 is 4.79 Å². The highest BCUT2D eigenvalue weighted by Crippen LogP contribution is 2.20. The first-order chi connectivity index (χ1) is 15.2. The zero-order chi connectivity index (χ0) is 21.5. The first kappa shape index (κ1) is 20.3. The smallest absolute Gasteiger partial charge is 0.250 e. The maximum atomic E-state index is 12.3. The predicted octanol–water partition coefficient (Wildman–Crippen LogP) is 6.11. The summed E-state index contributed by atoms with van der Waals surface area (Å²) < 4.78 is 0. The van der Waals surface area contributed by atoms with Crippen molar-refractivity contribution in [3.63, 3.8) is 0 Å². The molecule has 0 unspecified atom stereocenters. The molecule has 0 heterocycles. The van der Waals surface area contributed by atoms with Crippen molar-refractivity contribution in [1.29, 1.82) is 0 Å². The van der Waals surface area contributed by atoms with Crippen LogP contribution in [0.25, 0.3) is 16.8 Å². The highest BCUT2D eigenvalue weighted by Gasteiger charge is 2.03. The molecule has 4 rings (SSSR count). The van der Waals surface area contributed by atoms with E-state index in [4.69, 9.17) is 12.2 Å². The Morgan fingerprint density at radius 2 is 1.35 bits per heavy atom. The fourth-order valence-electron chi connectivity index (χ4n) is 3.20. The maximum absolute atomic E-state index is 12.3. The van der Waals surface area contributed by atoms with Crippen LogP contribution in [0.1, 0.15) is 5.56 Å². The third kappa shape index (κ3) is 5.56. The standard InChI is InChI=1S/C26H21N3OS/c30-25(18-13-20-9-6-8-19-7-4-5-12-24(19)20)29-26(31)28-23-16-14-22(15-17-23)27-21-10-2-1-3-11-21/h1-18,27H,(H2,28,29,30,31). The van der Waals surface area contributed by atoms with Gasteiger partial charge in [-0.3, -0.25) is 10.1 Å². The molecule has 4 nitrogen and oxygen atoms in total. The van der Waals surface area contributed by atoms with E-state index in [9.17, 15) is 4.79 Å². The molecule has 0 aliphatic carbocycles. The molecule has 0 spiro atoms. The normalized spacial score (nSPS) is 10.7. The van der Waals surface area contributed by atoms with Gasteiger partial charge in [0.2, 0.25) is 5.91 Å². The van der Waals surface area contributed by atoms with Crippen LogP contribution in [0.15, 0.2) is 103 Å². The van der Waals surface area contributed by atoms with Gasteiger partial charge in [-0.15, -0.1) is 0 Å². The highest BCUT2D eigenvalue weighted by molar-refractivity contribution is 7.80. The van der Waals surface area contributed by atoms with Crippen LogP contribution in [0.5, 0.6) is 0 Å². The van der Waals surface area contributed by atoms with Gasteiger partial charge in [0.15, 0.2) is 5.11 Å². The van der Waals surface area contributed by atoms with Crippen molar-refractivity contribution in [3.05, 3.63) is 109 Å². The third-order valence-electron chi connectivity index (χ3n) is 4.68. The number of anilines is 3. The number of nitrogens with one attached hydrogen (secondary N) is 3. The number of carbonyl (C=O) groups is 1. The third-order valence-corrected chi connectivity index (χ3v) is 4.88. The minimum absolute atomic E-state index is 0.247. The molecule has 4 aromatic rings. The molecule has 0 aromatic heterocycles. The zero-order valence-electron chi connectivity index (χ0n) is 16.7. The lowest BCUT2D eigenvalue weighted by atomic mass is 10.0. The van der Waals surface area contributed by atoms with E-state index in [-0.39, 0.29) is 11.0 Å². The SMILES string of the molecule is O=C(C=Cc1cccc2ccccc12)NC(=S)Nc1ccc(Nc2ccccc2)cc1. The number of para-hydroxylation sites is 1. The first-order valence-electron chi connectivity index (χ1n) is 9.87. The summed E-state index contributed by atoms with van der Waals surface area (Å²) >= 11 is 5.27. The van der Waals surface area contributed by atoms with E-state index in [2.05, 4.69) is 16.0 Å². The first-order valence-corrected chi connectivity index (χ1v) is 10.3. The molecule has 4 aromatic carbocycles. The van der Waals surface area contributed by atoms with Crippen LogP contribution in [-0.2, 0) is 4.79 Å². The average Bonchev–Trinajstić information content (AvgIpc) is 2.79. The largest absolute Gasteiger partial charge is 0.356 e. The topological polar surface area (TPSA) is 53.2 Å². The molecule has 1 amide bonds. The molecule has 31 heavy (non-hydrogen) atoms. The second-order valence-electron chi connectivity index (χ2n) is 6.91. The molecular weight excluding hydrogens is 402 g/mol. The number of hydrogen-bond donors (Lipinski definition) is 3. The van der Waals surface area contributed by atoms with Crippen LogP contribution in [0.4, 0.5) is 17.1 Å². The van der Waals surface area contributed by atoms with Crippen molar-refractivity contribution in [2.75, 3.05) is 10.6 Å². The van der Waals surface area contributed by atoms with Gasteiger partial charge in [0.1, 0.15) is 0 Å². The van der Waals surface area contributed by atoms with Gasteiger partial charge in [0, 0.05) is 23.1 Å². The number of benzene rings is 4. The summed E-state index contributed by atoms with van der Waals surface area (Å²) in [4.78, 5) is 12.3. The Balaban J connectivity index is 1.33. The van der Waals surface area contributed by atoms with Gasteiger partial charge < -0.3 is 10.6 Å². The Hall–Kier alpha value is -3.96. The van der Waals surface area contributed by atoms with Crippen molar-refractivity contribution in [2.45, 2.75) is 0 Å². The average molecular weight is 424 g/mol. The number of rotatable bonds is 5. The van der Waals surface area contributed by atoms with E-state index >= 15 is 0 Å². The maximum Gasteiger partial charge on any atom is 0.250 e. The van der Waals surface area contributed by atoms with Crippen molar-refractivity contribution in [1.82, 2.24) is 5.32 Å². The Kier molecular flexibility index (Phi) is 6.35. The van der Waals surface area contributed by atoms with Crippen LogP contribution < -0.4 is 16.0 Å². The lowest BCUT2D eigenvalue weighted by Gasteiger charge is -2.10. The summed E-state index contributed by atoms with van der Waals surface area (Å²) in [6.45, 7) is 0. The van der Waals surface area contributed by atoms with Crippen molar-refractivity contribution in [3.8, 4) is 0 Å². The highest BCUT2D eigenvalue weighted by atomic mass is 32.1. The molecule has 0 aliphatic heterocycles. The molecule has 152 valence electrons. The van der Waals surface area contributed by atoms with Gasteiger partial charge in [-0.1, -0.05) is 60.7 Å². The van der Waals surface area contributed by atoms with Gasteiger partial charge in [-0.25, -0.2) is 0 Å². The molecule has 0 saturated heterocycles. The lowest BCUT2D eigenvalue weighted by Crippen LogP contribution is -2.32. The van der Waals surface area contributed by atoms with Gasteiger partial charge in [0.25, 0.3) is 0 Å². The van der Waals surface area contributed by atoms with E-state index in [0.717, 1.165) is 33.4 Å². The number of carbonyl (C=O) groups excluding carboxylic acids is 1. The molecule has 5 heteroatoms. The van der Waals surface area contributed by atoms with Gasteiger partial charge in [-0.2, -0.15) is 0 Å². The van der Waals surface area contributed by atoms with E-state index < -0.39 is 0 Å². The molecule has 0 saturated carbocycles. The van der Waals surface area contributed by atoms with Crippen molar-refractivity contribution in [2.24, 2.45) is 0 Å². The van der Waals surface area contributed by atoms with Crippen molar-refractivity contribution >= 4 is 57.1 Å². The second kappa shape index (κ2) is 9.69. The number of thiocarbonyl (C=S) groups is 1. The number of amides is 1. The second-order valence-corrected chi connectivity index (χ2v) is 7.32.